The van der Waals surface area contributed by atoms with E-state index in [0.29, 0.717) is 11.6 Å². The van der Waals surface area contributed by atoms with Gasteiger partial charge in [-0.2, -0.15) is 0 Å². The number of halogens is 2. The van der Waals surface area contributed by atoms with Crippen LogP contribution in [-0.2, 0) is 6.54 Å². The summed E-state index contributed by atoms with van der Waals surface area (Å²) in [6.07, 6.45) is 3.28. The van der Waals surface area contributed by atoms with Crippen molar-refractivity contribution >= 4 is 22.6 Å². The number of hydrogen-bond acceptors (Lipinski definition) is 3. The maximum absolute atomic E-state index is 14.1. The normalized spacial score (nSPS) is 20.8. The van der Waals surface area contributed by atoms with Gasteiger partial charge in [0.2, 0.25) is 0 Å². The Kier molecular flexibility index (Phi) is 3.39. The lowest BCUT2D eigenvalue weighted by Gasteiger charge is -2.34. The predicted molar refractivity (Wildman–Crippen MR) is 94.8 cm³/mol. The highest BCUT2D eigenvalue weighted by Gasteiger charge is 2.39. The second-order valence-corrected chi connectivity index (χ2v) is 7.16. The summed E-state index contributed by atoms with van der Waals surface area (Å²) in [6, 6.07) is 9.11. The lowest BCUT2D eigenvalue weighted by Crippen LogP contribution is -2.39. The Hall–Kier alpha value is -1.95. The maximum Gasteiger partial charge on any atom is 0.149 e. The van der Waals surface area contributed by atoms with Crippen molar-refractivity contribution in [1.29, 1.82) is 0 Å². The topological polar surface area (TPSA) is 41.3 Å². The van der Waals surface area contributed by atoms with Crippen LogP contribution < -0.4 is 0 Å². The summed E-state index contributed by atoms with van der Waals surface area (Å²) in [6.45, 7) is 1.60. The van der Waals surface area contributed by atoms with Crippen LogP contribution in [0.1, 0.15) is 24.8 Å². The molecule has 25 heavy (non-hydrogen) atoms. The predicted octanol–water partition coefficient (Wildman–Crippen LogP) is 3.96. The Morgan fingerprint density at radius 2 is 2.04 bits per heavy atom. The van der Waals surface area contributed by atoms with Crippen LogP contribution in [0.15, 0.2) is 36.5 Å². The molecule has 1 aliphatic carbocycles. The number of aliphatic hydroxyl groups excluding tert-OH is 1. The smallest absolute Gasteiger partial charge is 0.149 e. The van der Waals surface area contributed by atoms with Crippen molar-refractivity contribution in [3.05, 3.63) is 53.1 Å². The molecule has 1 atom stereocenters. The third-order valence-electron chi connectivity index (χ3n) is 5.23. The van der Waals surface area contributed by atoms with Crippen molar-refractivity contribution in [1.82, 2.24) is 14.5 Å². The van der Waals surface area contributed by atoms with Crippen molar-refractivity contribution in [3.8, 4) is 11.1 Å². The van der Waals surface area contributed by atoms with Crippen LogP contribution in [0, 0.1) is 5.82 Å². The molecular weight excluding hydrogens is 341 g/mol. The van der Waals surface area contributed by atoms with E-state index >= 15 is 0 Å². The molecule has 0 saturated heterocycles. The number of aromatic nitrogens is 2. The van der Waals surface area contributed by atoms with Crippen LogP contribution in [0.25, 0.3) is 22.2 Å². The van der Waals surface area contributed by atoms with E-state index in [-0.39, 0.29) is 5.02 Å². The van der Waals surface area contributed by atoms with Crippen LogP contribution in [0.2, 0.25) is 5.02 Å². The van der Waals surface area contributed by atoms with Crippen LogP contribution in [0.3, 0.4) is 0 Å². The summed E-state index contributed by atoms with van der Waals surface area (Å²) in [5.74, 6) is -0.465. The fraction of sp³-hybridized carbons (Fsp3) is 0.316. The highest BCUT2D eigenvalue weighted by atomic mass is 35.5. The molecular formula is C19H17ClFN3O. The van der Waals surface area contributed by atoms with Gasteiger partial charge in [-0.1, -0.05) is 17.7 Å². The first kappa shape index (κ1) is 15.3. The fourth-order valence-corrected chi connectivity index (χ4v) is 4.04. The number of nitrogens with zero attached hydrogens (tertiary/aromatic N) is 3. The molecule has 2 aromatic heterocycles. The number of aliphatic hydroxyl groups is 1. The summed E-state index contributed by atoms with van der Waals surface area (Å²) in [7, 11) is 0. The van der Waals surface area contributed by atoms with Gasteiger partial charge in [-0.05, 0) is 42.7 Å². The zero-order chi connectivity index (χ0) is 17.1. The highest BCUT2D eigenvalue weighted by Crippen LogP contribution is 2.43. The first-order valence-electron chi connectivity index (χ1n) is 8.51. The van der Waals surface area contributed by atoms with Gasteiger partial charge in [0.05, 0.1) is 21.7 Å². The number of benzene rings is 1. The van der Waals surface area contributed by atoms with Crippen molar-refractivity contribution in [2.75, 3.05) is 6.54 Å². The first-order chi connectivity index (χ1) is 12.1. The molecule has 6 heteroatoms. The summed E-state index contributed by atoms with van der Waals surface area (Å²) in [5, 5.41) is 11.1. The molecule has 0 bridgehead atoms. The molecule has 1 aromatic carbocycles. The van der Waals surface area contributed by atoms with Crippen molar-refractivity contribution < 1.29 is 9.50 Å². The summed E-state index contributed by atoms with van der Waals surface area (Å²) >= 11 is 5.85. The quantitative estimate of drug-likeness (QED) is 0.754. The summed E-state index contributed by atoms with van der Waals surface area (Å²) in [5.41, 5.74) is 4.04. The Bertz CT molecular complexity index is 982. The molecule has 5 rings (SSSR count). The Balaban J connectivity index is 1.78. The van der Waals surface area contributed by atoms with Crippen molar-refractivity contribution in [2.24, 2.45) is 0 Å². The van der Waals surface area contributed by atoms with E-state index < -0.39 is 12.0 Å². The molecule has 128 valence electrons. The van der Waals surface area contributed by atoms with E-state index in [1.54, 1.807) is 18.3 Å². The molecule has 1 saturated carbocycles. The molecule has 2 aliphatic rings. The van der Waals surface area contributed by atoms with E-state index in [4.69, 9.17) is 11.6 Å². The molecule has 1 fully saturated rings. The average molecular weight is 358 g/mol. The van der Waals surface area contributed by atoms with E-state index in [1.807, 2.05) is 12.1 Å². The number of rotatable bonds is 2. The lowest BCUT2D eigenvalue weighted by atomic mass is 10.0. The third kappa shape index (κ3) is 2.30. The number of fused-ring (bicyclic) bond motifs is 3. The molecule has 1 unspecified atom stereocenters. The van der Waals surface area contributed by atoms with Crippen molar-refractivity contribution in [2.45, 2.75) is 31.7 Å². The number of hydrogen-bond donors (Lipinski definition) is 1. The van der Waals surface area contributed by atoms with E-state index in [9.17, 15) is 9.50 Å². The summed E-state index contributed by atoms with van der Waals surface area (Å²) < 4.78 is 16.2. The largest absolute Gasteiger partial charge is 0.372 e. The van der Waals surface area contributed by atoms with Crippen LogP contribution in [0.4, 0.5) is 4.39 Å². The van der Waals surface area contributed by atoms with Gasteiger partial charge in [0, 0.05) is 30.9 Å². The molecule has 1 N–H and O–H groups in total. The zero-order valence-electron chi connectivity index (χ0n) is 13.5. The Morgan fingerprint density at radius 3 is 2.80 bits per heavy atom. The first-order valence-corrected chi connectivity index (χ1v) is 8.89. The molecule has 0 radical (unpaired) electrons. The second-order valence-electron chi connectivity index (χ2n) is 6.75. The SMILES string of the molecule is OC1c2c(-c3ccc(Cl)c(F)c3)c3ncccc3n2CCN1C1CC1. The standard InChI is InChI=1S/C19H17ClFN3O/c20-13-6-3-11(10-14(13)21)16-17-15(2-1-7-22-17)24-9-8-23(12-4-5-12)19(25)18(16)24/h1-3,6-7,10,12,19,25H,4-5,8-9H2. The highest BCUT2D eigenvalue weighted by molar-refractivity contribution is 6.30. The molecule has 0 amide bonds. The monoisotopic (exact) mass is 357 g/mol. The molecule has 0 spiro atoms. The van der Waals surface area contributed by atoms with Crippen LogP contribution in [-0.4, -0.2) is 32.1 Å². The maximum atomic E-state index is 14.1. The van der Waals surface area contributed by atoms with Crippen LogP contribution in [0.5, 0.6) is 0 Å². The van der Waals surface area contributed by atoms with Gasteiger partial charge in [-0.15, -0.1) is 0 Å². The van der Waals surface area contributed by atoms with E-state index in [1.165, 1.54) is 6.07 Å². The van der Waals surface area contributed by atoms with Gasteiger partial charge in [0.15, 0.2) is 0 Å². The molecule has 3 aromatic rings. The molecule has 4 nitrogen and oxygen atoms in total. The minimum atomic E-state index is -0.704. The zero-order valence-corrected chi connectivity index (χ0v) is 14.2. The minimum absolute atomic E-state index is 0.0919. The van der Waals surface area contributed by atoms with Gasteiger partial charge >= 0.3 is 0 Å². The Morgan fingerprint density at radius 1 is 1.20 bits per heavy atom. The van der Waals surface area contributed by atoms with Gasteiger partial charge in [0.1, 0.15) is 12.0 Å². The fourth-order valence-electron chi connectivity index (χ4n) is 3.92. The van der Waals surface area contributed by atoms with E-state index in [0.717, 1.165) is 48.2 Å². The molecule has 1 aliphatic heterocycles. The van der Waals surface area contributed by atoms with Crippen molar-refractivity contribution in [3.63, 3.8) is 0 Å². The summed E-state index contributed by atoms with van der Waals surface area (Å²) in [4.78, 5) is 6.67. The average Bonchev–Trinajstić information content (AvgIpc) is 3.40. The van der Waals surface area contributed by atoms with Crippen LogP contribution >= 0.6 is 11.6 Å². The lowest BCUT2D eigenvalue weighted by molar-refractivity contribution is -0.0255. The van der Waals surface area contributed by atoms with Gasteiger partial charge in [-0.3, -0.25) is 9.88 Å². The third-order valence-corrected chi connectivity index (χ3v) is 5.53. The molecule has 3 heterocycles. The Labute approximate surface area is 149 Å². The van der Waals surface area contributed by atoms with Gasteiger partial charge < -0.3 is 9.67 Å². The van der Waals surface area contributed by atoms with Gasteiger partial charge in [0.25, 0.3) is 0 Å². The number of pyridine rings is 1. The second kappa shape index (κ2) is 5.53. The van der Waals surface area contributed by atoms with E-state index in [2.05, 4.69) is 14.5 Å². The van der Waals surface area contributed by atoms with Gasteiger partial charge in [-0.25, -0.2) is 4.39 Å². The minimum Gasteiger partial charge on any atom is -0.372 e.